The summed E-state index contributed by atoms with van der Waals surface area (Å²) in [6.07, 6.45) is 0. The molecule has 0 atom stereocenters. The minimum atomic E-state index is -0.614. The highest BCUT2D eigenvalue weighted by Crippen LogP contribution is 2.28. The van der Waals surface area contributed by atoms with Crippen LogP contribution >= 0.6 is 0 Å². The highest BCUT2D eigenvalue weighted by Gasteiger charge is 2.17. The first-order valence-corrected chi connectivity index (χ1v) is 7.20. The van der Waals surface area contributed by atoms with Gasteiger partial charge in [0, 0.05) is 6.07 Å². The number of furan rings is 1. The Kier molecular flexibility index (Phi) is 5.47. The van der Waals surface area contributed by atoms with Crippen LogP contribution in [0.1, 0.15) is 21.9 Å². The van der Waals surface area contributed by atoms with Crippen molar-refractivity contribution in [3.8, 4) is 11.5 Å². The largest absolute Gasteiger partial charge is 0.497 e. The van der Waals surface area contributed by atoms with Gasteiger partial charge in [0.1, 0.15) is 28.6 Å². The van der Waals surface area contributed by atoms with Crippen molar-refractivity contribution in [3.63, 3.8) is 0 Å². The molecule has 0 unspecified atom stereocenters. The molecule has 0 saturated carbocycles. The second kappa shape index (κ2) is 7.54. The van der Waals surface area contributed by atoms with E-state index in [4.69, 9.17) is 18.6 Å². The van der Waals surface area contributed by atoms with Gasteiger partial charge in [-0.15, -0.1) is 0 Å². The van der Waals surface area contributed by atoms with E-state index in [0.717, 1.165) is 0 Å². The lowest BCUT2D eigenvalue weighted by atomic mass is 10.2. The molecule has 0 aliphatic rings. The van der Waals surface area contributed by atoms with Gasteiger partial charge in [-0.1, -0.05) is 0 Å². The average molecular weight is 333 g/mol. The van der Waals surface area contributed by atoms with Crippen molar-refractivity contribution in [3.05, 3.63) is 41.3 Å². The molecule has 1 heterocycles. The Morgan fingerprint density at radius 3 is 2.46 bits per heavy atom. The molecule has 2 rings (SSSR count). The van der Waals surface area contributed by atoms with E-state index < -0.39 is 18.5 Å². The third-order valence-electron chi connectivity index (χ3n) is 3.28. The number of benzene rings is 1. The second-order valence-corrected chi connectivity index (χ2v) is 5.02. The number of nitrogens with one attached hydrogen (secondary N) is 1. The van der Waals surface area contributed by atoms with Crippen molar-refractivity contribution in [2.45, 2.75) is 13.8 Å². The molecular weight excluding hydrogens is 314 g/mol. The summed E-state index contributed by atoms with van der Waals surface area (Å²) < 4.78 is 20.5. The van der Waals surface area contributed by atoms with Gasteiger partial charge < -0.3 is 23.9 Å². The van der Waals surface area contributed by atoms with E-state index in [1.54, 1.807) is 38.1 Å². The number of hydrogen-bond donors (Lipinski definition) is 1. The number of aryl methyl sites for hydroxylation is 2. The van der Waals surface area contributed by atoms with Crippen LogP contribution in [-0.4, -0.2) is 32.7 Å². The maximum Gasteiger partial charge on any atom is 0.342 e. The molecule has 0 fully saturated rings. The van der Waals surface area contributed by atoms with E-state index >= 15 is 0 Å². The second-order valence-electron chi connectivity index (χ2n) is 5.02. The summed E-state index contributed by atoms with van der Waals surface area (Å²) in [6, 6.07) is 6.55. The number of rotatable bonds is 6. The maximum atomic E-state index is 12.0. The molecule has 1 aromatic carbocycles. The number of methoxy groups -OCH3 is 2. The van der Waals surface area contributed by atoms with Crippen LogP contribution < -0.4 is 14.8 Å². The number of anilines is 1. The van der Waals surface area contributed by atoms with Crippen molar-refractivity contribution in [2.24, 2.45) is 0 Å². The zero-order valence-corrected chi connectivity index (χ0v) is 14.0. The highest BCUT2D eigenvalue weighted by atomic mass is 16.5. The normalized spacial score (nSPS) is 10.2. The van der Waals surface area contributed by atoms with Crippen LogP contribution in [0.15, 0.2) is 28.7 Å². The van der Waals surface area contributed by atoms with Gasteiger partial charge in [-0.3, -0.25) is 4.79 Å². The van der Waals surface area contributed by atoms with E-state index in [9.17, 15) is 9.59 Å². The molecule has 7 heteroatoms. The number of carbonyl (C=O) groups excluding carboxylic acids is 2. The topological polar surface area (TPSA) is 87.0 Å². The quantitative estimate of drug-likeness (QED) is 0.818. The predicted octanol–water partition coefficient (Wildman–Crippen LogP) is 2.71. The Labute approximate surface area is 139 Å². The van der Waals surface area contributed by atoms with Crippen molar-refractivity contribution >= 4 is 17.6 Å². The first-order chi connectivity index (χ1) is 11.4. The summed E-state index contributed by atoms with van der Waals surface area (Å²) in [5.74, 6) is 0.978. The molecule has 24 heavy (non-hydrogen) atoms. The van der Waals surface area contributed by atoms with Gasteiger partial charge in [-0.2, -0.15) is 0 Å². The zero-order chi connectivity index (χ0) is 17.7. The van der Waals surface area contributed by atoms with E-state index in [1.165, 1.54) is 14.2 Å². The fourth-order valence-electron chi connectivity index (χ4n) is 2.14. The van der Waals surface area contributed by atoms with Gasteiger partial charge >= 0.3 is 5.97 Å². The molecule has 0 bridgehead atoms. The summed E-state index contributed by atoms with van der Waals surface area (Å²) in [6.45, 7) is 2.96. The first kappa shape index (κ1) is 17.4. The molecule has 2 aromatic rings. The Bertz CT molecular complexity index is 750. The van der Waals surface area contributed by atoms with Crippen molar-refractivity contribution in [2.75, 3.05) is 26.1 Å². The van der Waals surface area contributed by atoms with Gasteiger partial charge in [0.25, 0.3) is 5.91 Å². The lowest BCUT2D eigenvalue weighted by Gasteiger charge is -2.11. The highest BCUT2D eigenvalue weighted by molar-refractivity contribution is 5.96. The van der Waals surface area contributed by atoms with Crippen LogP contribution in [0.3, 0.4) is 0 Å². The summed E-state index contributed by atoms with van der Waals surface area (Å²) in [5, 5.41) is 2.62. The minimum Gasteiger partial charge on any atom is -0.497 e. The summed E-state index contributed by atoms with van der Waals surface area (Å²) >= 11 is 0. The summed E-state index contributed by atoms with van der Waals surface area (Å²) in [5.41, 5.74) is 0.729. The Morgan fingerprint density at radius 2 is 1.88 bits per heavy atom. The van der Waals surface area contributed by atoms with Gasteiger partial charge in [-0.05, 0) is 32.0 Å². The molecule has 0 spiro atoms. The number of esters is 1. The van der Waals surface area contributed by atoms with Crippen LogP contribution in [0.4, 0.5) is 5.69 Å². The zero-order valence-electron chi connectivity index (χ0n) is 14.0. The van der Waals surface area contributed by atoms with Gasteiger partial charge in [0.2, 0.25) is 0 Å². The molecular formula is C17H19NO6. The Balaban J connectivity index is 1.98. The minimum absolute atomic E-state index is 0.305. The molecule has 0 saturated heterocycles. The average Bonchev–Trinajstić information content (AvgIpc) is 2.91. The molecule has 0 aliphatic carbocycles. The Morgan fingerprint density at radius 1 is 1.12 bits per heavy atom. The SMILES string of the molecule is COc1ccc(OC)c(NC(=O)COC(=O)c2cc(C)oc2C)c1. The lowest BCUT2D eigenvalue weighted by molar-refractivity contribution is -0.119. The number of hydrogen-bond acceptors (Lipinski definition) is 6. The standard InChI is InChI=1S/C17H19NO6/c1-10-7-13(11(2)24-10)17(20)23-9-16(19)18-14-8-12(21-3)5-6-15(14)22-4/h5-8H,9H2,1-4H3,(H,18,19). The van der Waals surface area contributed by atoms with Crippen molar-refractivity contribution in [1.29, 1.82) is 0 Å². The summed E-state index contributed by atoms with van der Waals surface area (Å²) in [7, 11) is 3.01. The fourth-order valence-corrected chi connectivity index (χ4v) is 2.14. The van der Waals surface area contributed by atoms with Gasteiger partial charge in [-0.25, -0.2) is 4.79 Å². The van der Waals surface area contributed by atoms with Gasteiger partial charge in [0.15, 0.2) is 6.61 Å². The molecule has 0 aliphatic heterocycles. The smallest absolute Gasteiger partial charge is 0.342 e. The van der Waals surface area contributed by atoms with Crippen LogP contribution in [0.2, 0.25) is 0 Å². The van der Waals surface area contributed by atoms with Crippen molar-refractivity contribution < 1.29 is 28.2 Å². The molecule has 7 nitrogen and oxygen atoms in total. The molecule has 1 aromatic heterocycles. The fraction of sp³-hybridized carbons (Fsp3) is 0.294. The maximum absolute atomic E-state index is 12.0. The number of amides is 1. The third-order valence-corrected chi connectivity index (χ3v) is 3.28. The molecule has 0 radical (unpaired) electrons. The molecule has 128 valence electrons. The van der Waals surface area contributed by atoms with Crippen LogP contribution in [-0.2, 0) is 9.53 Å². The monoisotopic (exact) mass is 333 g/mol. The van der Waals surface area contributed by atoms with E-state index in [-0.39, 0.29) is 0 Å². The van der Waals surface area contributed by atoms with Crippen LogP contribution in [0.5, 0.6) is 11.5 Å². The van der Waals surface area contributed by atoms with E-state index in [0.29, 0.717) is 34.3 Å². The third kappa shape index (κ3) is 4.07. The lowest BCUT2D eigenvalue weighted by Crippen LogP contribution is -2.21. The van der Waals surface area contributed by atoms with E-state index in [1.807, 2.05) is 0 Å². The van der Waals surface area contributed by atoms with Gasteiger partial charge in [0.05, 0.1) is 19.9 Å². The predicted molar refractivity (Wildman–Crippen MR) is 86.6 cm³/mol. The molecule has 1 N–H and O–H groups in total. The number of carbonyl (C=O) groups is 2. The van der Waals surface area contributed by atoms with Crippen LogP contribution in [0.25, 0.3) is 0 Å². The van der Waals surface area contributed by atoms with Crippen LogP contribution in [0, 0.1) is 13.8 Å². The van der Waals surface area contributed by atoms with E-state index in [2.05, 4.69) is 5.32 Å². The first-order valence-electron chi connectivity index (χ1n) is 7.20. The molecule has 1 amide bonds. The summed E-state index contributed by atoms with van der Waals surface area (Å²) in [4.78, 5) is 24.0. The Hall–Kier alpha value is -2.96. The number of ether oxygens (including phenoxy) is 3. The van der Waals surface area contributed by atoms with Crippen molar-refractivity contribution in [1.82, 2.24) is 0 Å².